The van der Waals surface area contributed by atoms with Gasteiger partial charge in [0.15, 0.2) is 0 Å². The highest BCUT2D eigenvalue weighted by Crippen LogP contribution is 2.25. The number of methoxy groups -OCH3 is 1. The second kappa shape index (κ2) is 6.87. The van der Waals surface area contributed by atoms with Crippen LogP contribution in [0.3, 0.4) is 0 Å². The zero-order chi connectivity index (χ0) is 15.5. The van der Waals surface area contributed by atoms with Gasteiger partial charge in [-0.1, -0.05) is 26.0 Å². The SMILES string of the molecule is COCCOC1CN(S(=O)(=O)c2cccc(C(C)C)c2)C1. The molecule has 0 saturated carbocycles. The molecule has 1 aromatic rings. The van der Waals surface area contributed by atoms with E-state index >= 15 is 0 Å². The second-order valence-corrected chi connectivity index (χ2v) is 7.47. The van der Waals surface area contributed by atoms with Crippen LogP contribution < -0.4 is 0 Å². The predicted molar refractivity (Wildman–Crippen MR) is 80.9 cm³/mol. The first-order chi connectivity index (χ1) is 9.95. The lowest BCUT2D eigenvalue weighted by molar-refractivity contribution is -0.0380. The highest BCUT2D eigenvalue weighted by molar-refractivity contribution is 7.89. The van der Waals surface area contributed by atoms with E-state index in [2.05, 4.69) is 13.8 Å². The average Bonchev–Trinajstić information content (AvgIpc) is 2.41. The summed E-state index contributed by atoms with van der Waals surface area (Å²) < 4.78 is 36.9. The quantitative estimate of drug-likeness (QED) is 0.721. The minimum atomic E-state index is -3.40. The lowest BCUT2D eigenvalue weighted by atomic mass is 10.0. The lowest BCUT2D eigenvalue weighted by Crippen LogP contribution is -2.54. The van der Waals surface area contributed by atoms with Gasteiger partial charge >= 0.3 is 0 Å². The Balaban J connectivity index is 1.99. The van der Waals surface area contributed by atoms with Crippen molar-refractivity contribution in [3.8, 4) is 0 Å². The Morgan fingerprint density at radius 3 is 2.62 bits per heavy atom. The highest BCUT2D eigenvalue weighted by Gasteiger charge is 2.37. The normalized spacial score (nSPS) is 17.1. The van der Waals surface area contributed by atoms with E-state index in [-0.39, 0.29) is 6.10 Å². The van der Waals surface area contributed by atoms with E-state index in [0.29, 0.717) is 37.1 Å². The fourth-order valence-electron chi connectivity index (χ4n) is 2.18. The van der Waals surface area contributed by atoms with Gasteiger partial charge in [0.1, 0.15) is 0 Å². The number of ether oxygens (including phenoxy) is 2. The molecule has 1 heterocycles. The Morgan fingerprint density at radius 2 is 2.00 bits per heavy atom. The number of hydrogen-bond donors (Lipinski definition) is 0. The third-order valence-corrected chi connectivity index (χ3v) is 5.45. The number of hydrogen-bond acceptors (Lipinski definition) is 4. The maximum absolute atomic E-state index is 12.5. The van der Waals surface area contributed by atoms with Crippen LogP contribution in [-0.4, -0.2) is 52.2 Å². The molecule has 0 aromatic heterocycles. The smallest absolute Gasteiger partial charge is 0.243 e. The molecule has 1 saturated heterocycles. The van der Waals surface area contributed by atoms with Crippen LogP contribution >= 0.6 is 0 Å². The number of rotatable bonds is 7. The average molecular weight is 313 g/mol. The summed E-state index contributed by atoms with van der Waals surface area (Å²) >= 11 is 0. The summed E-state index contributed by atoms with van der Waals surface area (Å²) in [6.07, 6.45) is -0.0248. The zero-order valence-corrected chi connectivity index (χ0v) is 13.6. The van der Waals surface area contributed by atoms with Gasteiger partial charge in [-0.25, -0.2) is 8.42 Å². The Hall–Kier alpha value is -0.950. The van der Waals surface area contributed by atoms with E-state index < -0.39 is 10.0 Å². The van der Waals surface area contributed by atoms with E-state index in [1.807, 2.05) is 6.07 Å². The van der Waals surface area contributed by atoms with E-state index in [1.54, 1.807) is 25.3 Å². The third-order valence-electron chi connectivity index (χ3n) is 3.62. The molecule has 21 heavy (non-hydrogen) atoms. The molecule has 118 valence electrons. The minimum Gasteiger partial charge on any atom is -0.382 e. The van der Waals surface area contributed by atoms with Crippen LogP contribution in [0.1, 0.15) is 25.3 Å². The topological polar surface area (TPSA) is 55.8 Å². The van der Waals surface area contributed by atoms with Crippen molar-refractivity contribution in [2.45, 2.75) is 30.8 Å². The van der Waals surface area contributed by atoms with Gasteiger partial charge in [0, 0.05) is 20.2 Å². The van der Waals surface area contributed by atoms with Gasteiger partial charge in [-0.05, 0) is 23.6 Å². The molecular formula is C15H23NO4S. The Bertz CT molecular complexity index is 565. The maximum Gasteiger partial charge on any atom is 0.243 e. The van der Waals surface area contributed by atoms with Crippen LogP contribution in [0.5, 0.6) is 0 Å². The fraction of sp³-hybridized carbons (Fsp3) is 0.600. The second-order valence-electron chi connectivity index (χ2n) is 5.53. The fourth-order valence-corrected chi connectivity index (χ4v) is 3.74. The molecule has 1 aliphatic heterocycles. The molecule has 0 atom stereocenters. The standard InChI is InChI=1S/C15H23NO4S/c1-12(2)13-5-4-6-15(9-13)21(17,18)16-10-14(11-16)20-8-7-19-3/h4-6,9,12,14H,7-8,10-11H2,1-3H3. The first kappa shape index (κ1) is 16.4. The molecule has 1 aromatic carbocycles. The molecule has 1 fully saturated rings. The largest absolute Gasteiger partial charge is 0.382 e. The van der Waals surface area contributed by atoms with E-state index in [9.17, 15) is 8.42 Å². The predicted octanol–water partition coefficient (Wildman–Crippen LogP) is 1.85. The molecule has 0 spiro atoms. The van der Waals surface area contributed by atoms with Crippen molar-refractivity contribution in [3.63, 3.8) is 0 Å². The van der Waals surface area contributed by atoms with Crippen LogP contribution in [-0.2, 0) is 19.5 Å². The lowest BCUT2D eigenvalue weighted by Gasteiger charge is -2.37. The number of benzene rings is 1. The van der Waals surface area contributed by atoms with Gasteiger partial charge in [-0.3, -0.25) is 0 Å². The summed E-state index contributed by atoms with van der Waals surface area (Å²) in [5, 5.41) is 0. The van der Waals surface area contributed by atoms with Crippen LogP contribution in [0.2, 0.25) is 0 Å². The third kappa shape index (κ3) is 3.83. The summed E-state index contributed by atoms with van der Waals surface area (Å²) in [4.78, 5) is 0.365. The zero-order valence-electron chi connectivity index (χ0n) is 12.8. The van der Waals surface area contributed by atoms with Gasteiger partial charge in [-0.15, -0.1) is 0 Å². The van der Waals surface area contributed by atoms with Gasteiger partial charge in [0.2, 0.25) is 10.0 Å². The Kier molecular flexibility index (Phi) is 5.37. The van der Waals surface area contributed by atoms with Gasteiger partial charge in [-0.2, -0.15) is 4.31 Å². The molecule has 0 bridgehead atoms. The van der Waals surface area contributed by atoms with Crippen molar-refractivity contribution >= 4 is 10.0 Å². The number of nitrogens with zero attached hydrogens (tertiary/aromatic N) is 1. The molecule has 2 rings (SSSR count). The van der Waals surface area contributed by atoms with Gasteiger partial charge in [0.05, 0.1) is 24.2 Å². The first-order valence-corrected chi connectivity index (χ1v) is 8.60. The first-order valence-electron chi connectivity index (χ1n) is 7.16. The van der Waals surface area contributed by atoms with Crippen molar-refractivity contribution in [2.75, 3.05) is 33.4 Å². The van der Waals surface area contributed by atoms with Crippen LogP contribution in [0.25, 0.3) is 0 Å². The molecule has 0 amide bonds. The maximum atomic E-state index is 12.5. The molecular weight excluding hydrogens is 290 g/mol. The molecule has 1 aliphatic rings. The summed E-state index contributed by atoms with van der Waals surface area (Å²) in [5.41, 5.74) is 1.03. The molecule has 0 unspecified atom stereocenters. The summed E-state index contributed by atoms with van der Waals surface area (Å²) in [6, 6.07) is 7.17. The minimum absolute atomic E-state index is 0.0248. The van der Waals surface area contributed by atoms with Crippen LogP contribution in [0, 0.1) is 0 Å². The summed E-state index contributed by atoms with van der Waals surface area (Å²) in [6.45, 7) is 5.96. The summed E-state index contributed by atoms with van der Waals surface area (Å²) in [5.74, 6) is 0.307. The Labute approximate surface area is 126 Å². The van der Waals surface area contributed by atoms with Crippen molar-refractivity contribution < 1.29 is 17.9 Å². The highest BCUT2D eigenvalue weighted by atomic mass is 32.2. The molecule has 0 N–H and O–H groups in total. The van der Waals surface area contributed by atoms with E-state index in [1.165, 1.54) is 4.31 Å². The summed E-state index contributed by atoms with van der Waals surface area (Å²) in [7, 11) is -1.79. The molecule has 5 nitrogen and oxygen atoms in total. The van der Waals surface area contributed by atoms with Crippen molar-refractivity contribution in [1.29, 1.82) is 0 Å². The molecule has 6 heteroatoms. The molecule has 0 aliphatic carbocycles. The number of sulfonamides is 1. The van der Waals surface area contributed by atoms with Crippen molar-refractivity contribution in [1.82, 2.24) is 4.31 Å². The monoisotopic (exact) mass is 313 g/mol. The van der Waals surface area contributed by atoms with Crippen LogP contribution in [0.4, 0.5) is 0 Å². The Morgan fingerprint density at radius 1 is 1.29 bits per heavy atom. The van der Waals surface area contributed by atoms with Crippen molar-refractivity contribution in [2.24, 2.45) is 0 Å². The van der Waals surface area contributed by atoms with Crippen molar-refractivity contribution in [3.05, 3.63) is 29.8 Å². The van der Waals surface area contributed by atoms with Crippen LogP contribution in [0.15, 0.2) is 29.2 Å². The van der Waals surface area contributed by atoms with E-state index in [4.69, 9.17) is 9.47 Å². The van der Waals surface area contributed by atoms with Gasteiger partial charge in [0.25, 0.3) is 0 Å². The van der Waals surface area contributed by atoms with Gasteiger partial charge < -0.3 is 9.47 Å². The molecule has 0 radical (unpaired) electrons. The van der Waals surface area contributed by atoms with E-state index in [0.717, 1.165) is 5.56 Å².